The first-order chi connectivity index (χ1) is 9.69. The average molecular weight is 283 g/mol. The van der Waals surface area contributed by atoms with Crippen LogP contribution >= 0.6 is 0 Å². The van der Waals surface area contributed by atoms with Crippen LogP contribution in [-0.4, -0.2) is 74.9 Å². The van der Waals surface area contributed by atoms with Gasteiger partial charge in [0, 0.05) is 25.7 Å². The molecule has 20 heavy (non-hydrogen) atoms. The van der Waals surface area contributed by atoms with E-state index < -0.39 is 0 Å². The van der Waals surface area contributed by atoms with Gasteiger partial charge in [0.2, 0.25) is 0 Å². The van der Waals surface area contributed by atoms with Crippen LogP contribution < -0.4 is 5.32 Å². The summed E-state index contributed by atoms with van der Waals surface area (Å²) in [6, 6.07) is 0.675. The molecule has 118 valence electrons. The molecule has 2 unspecified atom stereocenters. The van der Waals surface area contributed by atoms with E-state index in [-0.39, 0.29) is 0 Å². The molecule has 2 aliphatic rings. The molecule has 0 bridgehead atoms. The van der Waals surface area contributed by atoms with Crippen LogP contribution in [0.3, 0.4) is 0 Å². The maximum atomic E-state index is 5.88. The molecule has 2 rings (SSSR count). The summed E-state index contributed by atoms with van der Waals surface area (Å²) < 4.78 is 5.88. The van der Waals surface area contributed by atoms with Crippen LogP contribution in [0.15, 0.2) is 0 Å². The van der Waals surface area contributed by atoms with E-state index >= 15 is 0 Å². The van der Waals surface area contributed by atoms with Crippen LogP contribution in [0.5, 0.6) is 0 Å². The summed E-state index contributed by atoms with van der Waals surface area (Å²) in [4.78, 5) is 4.99. The van der Waals surface area contributed by atoms with Crippen molar-refractivity contribution in [2.75, 3.05) is 52.9 Å². The Bertz CT molecular complexity index is 266. The van der Waals surface area contributed by atoms with Crippen LogP contribution in [0.25, 0.3) is 0 Å². The molecule has 4 nitrogen and oxygen atoms in total. The largest absolute Gasteiger partial charge is 0.374 e. The zero-order valence-corrected chi connectivity index (χ0v) is 13.6. The smallest absolute Gasteiger partial charge is 0.0829 e. The predicted octanol–water partition coefficient (Wildman–Crippen LogP) is 1.42. The van der Waals surface area contributed by atoms with Crippen molar-refractivity contribution >= 4 is 0 Å². The number of ether oxygens (including phenoxy) is 1. The quantitative estimate of drug-likeness (QED) is 0.798. The molecule has 0 aromatic heterocycles. The summed E-state index contributed by atoms with van der Waals surface area (Å²) in [5.41, 5.74) is 0. The van der Waals surface area contributed by atoms with E-state index in [1.807, 2.05) is 0 Å². The van der Waals surface area contributed by atoms with Crippen LogP contribution in [0.1, 0.15) is 33.1 Å². The number of likely N-dealkylation sites (N-methyl/N-ethyl adjacent to an activating group) is 1. The SMILES string of the molecule is CCCNC(C)C1CCN(CC2CN(C)CCO2)CC1. The van der Waals surface area contributed by atoms with Gasteiger partial charge in [0.1, 0.15) is 0 Å². The van der Waals surface area contributed by atoms with Gasteiger partial charge in [-0.15, -0.1) is 0 Å². The Morgan fingerprint density at radius 2 is 2.00 bits per heavy atom. The van der Waals surface area contributed by atoms with E-state index in [1.54, 1.807) is 0 Å². The zero-order chi connectivity index (χ0) is 14.4. The molecule has 2 atom stereocenters. The molecular formula is C16H33N3O. The first kappa shape index (κ1) is 16.2. The fourth-order valence-electron chi connectivity index (χ4n) is 3.44. The van der Waals surface area contributed by atoms with Crippen molar-refractivity contribution in [3.8, 4) is 0 Å². The molecule has 2 saturated heterocycles. The topological polar surface area (TPSA) is 27.7 Å². The second kappa shape index (κ2) is 8.32. The van der Waals surface area contributed by atoms with Gasteiger partial charge in [-0.25, -0.2) is 0 Å². The Labute approximate surface area is 124 Å². The number of piperidine rings is 1. The van der Waals surface area contributed by atoms with Crippen molar-refractivity contribution < 1.29 is 4.74 Å². The van der Waals surface area contributed by atoms with E-state index in [2.05, 4.69) is 36.0 Å². The van der Waals surface area contributed by atoms with Gasteiger partial charge in [0.25, 0.3) is 0 Å². The molecule has 4 heteroatoms. The summed E-state index contributed by atoms with van der Waals surface area (Å²) in [7, 11) is 2.20. The van der Waals surface area contributed by atoms with Gasteiger partial charge < -0.3 is 19.9 Å². The molecule has 2 heterocycles. The van der Waals surface area contributed by atoms with Crippen LogP contribution in [-0.2, 0) is 4.74 Å². The number of hydrogen-bond acceptors (Lipinski definition) is 4. The normalized spacial score (nSPS) is 28.6. The van der Waals surface area contributed by atoms with E-state index in [9.17, 15) is 0 Å². The molecule has 1 N–H and O–H groups in total. The van der Waals surface area contributed by atoms with Gasteiger partial charge in [0.05, 0.1) is 12.7 Å². The van der Waals surface area contributed by atoms with Crippen molar-refractivity contribution in [3.05, 3.63) is 0 Å². The molecule has 0 radical (unpaired) electrons. The first-order valence-electron chi connectivity index (χ1n) is 8.45. The highest BCUT2D eigenvalue weighted by molar-refractivity contribution is 4.81. The Balaban J connectivity index is 1.66. The average Bonchev–Trinajstić information content (AvgIpc) is 2.45. The Morgan fingerprint density at radius 3 is 2.65 bits per heavy atom. The second-order valence-electron chi connectivity index (χ2n) is 6.64. The molecule has 0 aromatic rings. The highest BCUT2D eigenvalue weighted by Crippen LogP contribution is 2.21. The first-order valence-corrected chi connectivity index (χ1v) is 8.45. The van der Waals surface area contributed by atoms with Gasteiger partial charge in [-0.05, 0) is 58.8 Å². The van der Waals surface area contributed by atoms with E-state index in [4.69, 9.17) is 4.74 Å². The predicted molar refractivity (Wildman–Crippen MR) is 84.2 cm³/mol. The summed E-state index contributed by atoms with van der Waals surface area (Å²) >= 11 is 0. The molecule has 0 spiro atoms. The highest BCUT2D eigenvalue weighted by Gasteiger charge is 2.26. The van der Waals surface area contributed by atoms with Crippen molar-refractivity contribution in [3.63, 3.8) is 0 Å². The minimum atomic E-state index is 0.418. The maximum absolute atomic E-state index is 5.88. The third-order valence-electron chi connectivity index (χ3n) is 4.86. The van der Waals surface area contributed by atoms with Crippen molar-refractivity contribution in [1.29, 1.82) is 0 Å². The number of nitrogens with zero attached hydrogens (tertiary/aromatic N) is 2. The number of morpholine rings is 1. The molecule has 0 aromatic carbocycles. The van der Waals surface area contributed by atoms with E-state index in [1.165, 1.54) is 32.4 Å². The Hall–Kier alpha value is -0.160. The summed E-state index contributed by atoms with van der Waals surface area (Å²) in [5.74, 6) is 0.854. The lowest BCUT2D eigenvalue weighted by Crippen LogP contribution is -2.49. The van der Waals surface area contributed by atoms with Gasteiger partial charge >= 0.3 is 0 Å². The fourth-order valence-corrected chi connectivity index (χ4v) is 3.44. The minimum absolute atomic E-state index is 0.418. The third kappa shape index (κ3) is 4.99. The molecular weight excluding hydrogens is 250 g/mol. The molecule has 2 fully saturated rings. The summed E-state index contributed by atoms with van der Waals surface area (Å²) in [6.45, 7) is 12.4. The van der Waals surface area contributed by atoms with Crippen LogP contribution in [0.2, 0.25) is 0 Å². The van der Waals surface area contributed by atoms with Crippen LogP contribution in [0.4, 0.5) is 0 Å². The lowest BCUT2D eigenvalue weighted by Gasteiger charge is -2.38. The fraction of sp³-hybridized carbons (Fsp3) is 1.00. The highest BCUT2D eigenvalue weighted by atomic mass is 16.5. The number of rotatable bonds is 6. The van der Waals surface area contributed by atoms with Gasteiger partial charge in [-0.3, -0.25) is 0 Å². The van der Waals surface area contributed by atoms with Gasteiger partial charge in [0.15, 0.2) is 0 Å². The lowest BCUT2D eigenvalue weighted by molar-refractivity contribution is -0.0398. The van der Waals surface area contributed by atoms with Crippen LogP contribution in [0, 0.1) is 5.92 Å². The number of hydrogen-bond donors (Lipinski definition) is 1. The Kier molecular flexibility index (Phi) is 6.75. The lowest BCUT2D eigenvalue weighted by atomic mass is 9.90. The van der Waals surface area contributed by atoms with E-state index in [0.29, 0.717) is 12.1 Å². The number of likely N-dealkylation sites (tertiary alicyclic amines) is 1. The van der Waals surface area contributed by atoms with Gasteiger partial charge in [-0.1, -0.05) is 6.92 Å². The minimum Gasteiger partial charge on any atom is -0.374 e. The molecule has 0 saturated carbocycles. The van der Waals surface area contributed by atoms with Gasteiger partial charge in [-0.2, -0.15) is 0 Å². The van der Waals surface area contributed by atoms with Crippen molar-refractivity contribution in [1.82, 2.24) is 15.1 Å². The summed E-state index contributed by atoms with van der Waals surface area (Å²) in [6.07, 6.45) is 4.32. The zero-order valence-electron chi connectivity index (χ0n) is 13.6. The molecule has 0 aliphatic carbocycles. The standard InChI is InChI=1S/C16H33N3O/c1-4-7-17-14(2)15-5-8-19(9-6-15)13-16-12-18(3)10-11-20-16/h14-17H,4-13H2,1-3H3. The Morgan fingerprint density at radius 1 is 1.25 bits per heavy atom. The molecule has 0 amide bonds. The van der Waals surface area contributed by atoms with Crippen molar-refractivity contribution in [2.45, 2.75) is 45.3 Å². The maximum Gasteiger partial charge on any atom is 0.0829 e. The number of nitrogens with one attached hydrogen (secondary N) is 1. The summed E-state index contributed by atoms with van der Waals surface area (Å²) in [5, 5.41) is 3.65. The monoisotopic (exact) mass is 283 g/mol. The molecule has 2 aliphatic heterocycles. The third-order valence-corrected chi connectivity index (χ3v) is 4.86. The van der Waals surface area contributed by atoms with E-state index in [0.717, 1.165) is 38.7 Å². The second-order valence-corrected chi connectivity index (χ2v) is 6.64. The van der Waals surface area contributed by atoms with Crippen molar-refractivity contribution in [2.24, 2.45) is 5.92 Å².